The molecule has 1 aromatic carbocycles. The molecule has 0 spiro atoms. The highest BCUT2D eigenvalue weighted by molar-refractivity contribution is 5.73. The highest BCUT2D eigenvalue weighted by Gasteiger charge is 2.28. The number of carboxylic acids is 1. The first-order chi connectivity index (χ1) is 8.90. The zero-order valence-corrected chi connectivity index (χ0v) is 11.5. The van der Waals surface area contributed by atoms with Gasteiger partial charge in [0.05, 0.1) is 18.6 Å². The van der Waals surface area contributed by atoms with E-state index in [-0.39, 0.29) is 13.2 Å². The van der Waals surface area contributed by atoms with Crippen LogP contribution in [0.5, 0.6) is 11.5 Å². The number of carbonyl (C=O) groups is 1. The van der Waals surface area contributed by atoms with Gasteiger partial charge in [-0.05, 0) is 38.5 Å². The van der Waals surface area contributed by atoms with Crippen LogP contribution in [0.2, 0.25) is 0 Å². The number of rotatable bonds is 7. The third kappa shape index (κ3) is 4.13. The second-order valence-electron chi connectivity index (χ2n) is 4.85. The second-order valence-corrected chi connectivity index (χ2v) is 4.85. The average Bonchev–Trinajstić information content (AvgIpc) is 2.37. The minimum atomic E-state index is -0.973. The monoisotopic (exact) mass is 268 g/mol. The van der Waals surface area contributed by atoms with Crippen molar-refractivity contribution in [2.75, 3.05) is 13.2 Å². The van der Waals surface area contributed by atoms with Gasteiger partial charge in [0.1, 0.15) is 6.61 Å². The zero-order chi connectivity index (χ0) is 14.5. The Morgan fingerprint density at radius 3 is 2.47 bits per heavy atom. The van der Waals surface area contributed by atoms with Crippen molar-refractivity contribution in [1.82, 2.24) is 0 Å². The Bertz CT molecular complexity index is 439. The van der Waals surface area contributed by atoms with Gasteiger partial charge in [-0.2, -0.15) is 0 Å². The van der Waals surface area contributed by atoms with Crippen molar-refractivity contribution in [3.63, 3.8) is 0 Å². The van der Waals surface area contributed by atoms with Gasteiger partial charge in [-0.3, -0.25) is 4.79 Å². The van der Waals surface area contributed by atoms with Crippen molar-refractivity contribution in [3.8, 4) is 11.5 Å². The molecule has 0 aliphatic rings. The molecule has 19 heavy (non-hydrogen) atoms. The lowest BCUT2D eigenvalue weighted by Crippen LogP contribution is -2.30. The van der Waals surface area contributed by atoms with E-state index in [1.165, 1.54) is 0 Å². The number of carboxylic acid groups (broad SMARTS) is 1. The van der Waals surface area contributed by atoms with E-state index in [0.29, 0.717) is 23.7 Å². The van der Waals surface area contributed by atoms with E-state index in [1.807, 2.05) is 6.92 Å². The summed E-state index contributed by atoms with van der Waals surface area (Å²) in [6, 6.07) is 5.08. The Hall–Kier alpha value is -1.75. The highest BCUT2D eigenvalue weighted by Crippen LogP contribution is 2.30. The number of benzene rings is 1. The molecule has 0 saturated carbocycles. The summed E-state index contributed by atoms with van der Waals surface area (Å²) in [5.41, 5.74) is -0.257. The van der Waals surface area contributed by atoms with Crippen LogP contribution in [0.25, 0.3) is 0 Å². The SMILES string of the molecule is CCOc1cc(CO)ccc1OCC(C)(C)C(=O)O. The zero-order valence-electron chi connectivity index (χ0n) is 11.5. The molecule has 0 amide bonds. The van der Waals surface area contributed by atoms with Gasteiger partial charge < -0.3 is 19.7 Å². The summed E-state index contributed by atoms with van der Waals surface area (Å²) < 4.78 is 10.9. The minimum Gasteiger partial charge on any atom is -0.490 e. The lowest BCUT2D eigenvalue weighted by Gasteiger charge is -2.21. The first kappa shape index (κ1) is 15.3. The number of aliphatic hydroxyl groups excluding tert-OH is 1. The molecule has 5 heteroatoms. The minimum absolute atomic E-state index is 0.0425. The molecule has 0 aromatic heterocycles. The van der Waals surface area contributed by atoms with Crippen LogP contribution < -0.4 is 9.47 Å². The van der Waals surface area contributed by atoms with Gasteiger partial charge in [0.2, 0.25) is 0 Å². The van der Waals surface area contributed by atoms with E-state index in [9.17, 15) is 4.79 Å². The summed E-state index contributed by atoms with van der Waals surface area (Å²) in [4.78, 5) is 11.0. The van der Waals surface area contributed by atoms with Crippen LogP contribution >= 0.6 is 0 Å². The van der Waals surface area contributed by atoms with Gasteiger partial charge >= 0.3 is 5.97 Å². The van der Waals surface area contributed by atoms with Crippen LogP contribution in [0, 0.1) is 5.41 Å². The van der Waals surface area contributed by atoms with Gasteiger partial charge in [-0.1, -0.05) is 6.07 Å². The van der Waals surface area contributed by atoms with Gasteiger partial charge in [0, 0.05) is 0 Å². The van der Waals surface area contributed by atoms with Crippen LogP contribution in [0.3, 0.4) is 0 Å². The highest BCUT2D eigenvalue weighted by atomic mass is 16.5. The van der Waals surface area contributed by atoms with Crippen molar-refractivity contribution in [1.29, 1.82) is 0 Å². The van der Waals surface area contributed by atoms with Gasteiger partial charge in [-0.25, -0.2) is 0 Å². The lowest BCUT2D eigenvalue weighted by molar-refractivity contribution is -0.148. The number of hydrogen-bond acceptors (Lipinski definition) is 4. The number of aliphatic hydroxyl groups is 1. The van der Waals surface area contributed by atoms with E-state index in [0.717, 1.165) is 0 Å². The maximum Gasteiger partial charge on any atom is 0.312 e. The summed E-state index contributed by atoms with van der Waals surface area (Å²) in [6.45, 7) is 5.46. The van der Waals surface area contributed by atoms with E-state index >= 15 is 0 Å². The molecular weight excluding hydrogens is 248 g/mol. The topological polar surface area (TPSA) is 76.0 Å². The van der Waals surface area contributed by atoms with Crippen molar-refractivity contribution >= 4 is 5.97 Å². The summed E-state index contributed by atoms with van der Waals surface area (Å²) >= 11 is 0. The maximum absolute atomic E-state index is 11.0. The quantitative estimate of drug-likeness (QED) is 0.791. The van der Waals surface area contributed by atoms with Crippen LogP contribution in [0.4, 0.5) is 0 Å². The summed E-state index contributed by atoms with van der Waals surface area (Å²) in [6.07, 6.45) is 0. The van der Waals surface area contributed by atoms with E-state index in [2.05, 4.69) is 0 Å². The molecule has 0 aliphatic carbocycles. The van der Waals surface area contributed by atoms with Crippen molar-refractivity contribution in [3.05, 3.63) is 23.8 Å². The Labute approximate surface area is 112 Å². The second kappa shape index (κ2) is 6.43. The van der Waals surface area contributed by atoms with Crippen LogP contribution in [-0.2, 0) is 11.4 Å². The normalized spacial score (nSPS) is 11.2. The largest absolute Gasteiger partial charge is 0.490 e. The number of hydrogen-bond donors (Lipinski definition) is 2. The predicted molar refractivity (Wildman–Crippen MR) is 70.4 cm³/mol. The fraction of sp³-hybridized carbons (Fsp3) is 0.500. The molecule has 5 nitrogen and oxygen atoms in total. The molecule has 1 aromatic rings. The van der Waals surface area contributed by atoms with Gasteiger partial charge in [-0.15, -0.1) is 0 Å². The first-order valence-electron chi connectivity index (χ1n) is 6.13. The molecule has 2 N–H and O–H groups in total. The summed E-state index contributed by atoms with van der Waals surface area (Å²) in [5, 5.41) is 18.1. The average molecular weight is 268 g/mol. The van der Waals surface area contributed by atoms with Crippen LogP contribution in [0.15, 0.2) is 18.2 Å². The van der Waals surface area contributed by atoms with Gasteiger partial charge in [0.15, 0.2) is 11.5 Å². The van der Waals surface area contributed by atoms with Crippen molar-refractivity contribution in [2.24, 2.45) is 5.41 Å². The molecule has 0 atom stereocenters. The number of ether oxygens (including phenoxy) is 2. The van der Waals surface area contributed by atoms with Crippen molar-refractivity contribution in [2.45, 2.75) is 27.4 Å². The summed E-state index contributed by atoms with van der Waals surface area (Å²) in [5.74, 6) is 0.0704. The molecule has 0 heterocycles. The van der Waals surface area contributed by atoms with Gasteiger partial charge in [0.25, 0.3) is 0 Å². The third-order valence-electron chi connectivity index (χ3n) is 2.66. The van der Waals surface area contributed by atoms with Crippen molar-refractivity contribution < 1.29 is 24.5 Å². The standard InChI is InChI=1S/C14H20O5/c1-4-18-12-7-10(8-15)5-6-11(12)19-9-14(2,3)13(16)17/h5-7,15H,4,8-9H2,1-3H3,(H,16,17). The fourth-order valence-corrected chi connectivity index (χ4v) is 1.36. The molecule has 0 fully saturated rings. The van der Waals surface area contributed by atoms with E-state index in [1.54, 1.807) is 32.0 Å². The summed E-state index contributed by atoms with van der Waals surface area (Å²) in [7, 11) is 0. The predicted octanol–water partition coefficient (Wildman–Crippen LogP) is 2.07. The molecule has 0 bridgehead atoms. The number of aliphatic carboxylic acids is 1. The molecule has 1 rings (SSSR count). The first-order valence-corrected chi connectivity index (χ1v) is 6.13. The van der Waals surface area contributed by atoms with E-state index in [4.69, 9.17) is 19.7 Å². The molecule has 0 saturated heterocycles. The van der Waals surface area contributed by atoms with E-state index < -0.39 is 11.4 Å². The molecule has 0 unspecified atom stereocenters. The smallest absolute Gasteiger partial charge is 0.312 e. The Morgan fingerprint density at radius 2 is 1.95 bits per heavy atom. The molecule has 0 aliphatic heterocycles. The Kier molecular flexibility index (Phi) is 5.18. The van der Waals surface area contributed by atoms with Crippen LogP contribution in [0.1, 0.15) is 26.3 Å². The third-order valence-corrected chi connectivity index (χ3v) is 2.66. The Balaban J connectivity index is 2.85. The molecule has 106 valence electrons. The maximum atomic E-state index is 11.0. The molecule has 0 radical (unpaired) electrons. The lowest BCUT2D eigenvalue weighted by atomic mass is 9.95. The Morgan fingerprint density at radius 1 is 1.26 bits per heavy atom. The fourth-order valence-electron chi connectivity index (χ4n) is 1.36. The van der Waals surface area contributed by atoms with Crippen LogP contribution in [-0.4, -0.2) is 29.4 Å². The molecular formula is C14H20O5.